The summed E-state index contributed by atoms with van der Waals surface area (Å²) in [5, 5.41) is 7.98. The van der Waals surface area contributed by atoms with Crippen LogP contribution in [0.3, 0.4) is 0 Å². The van der Waals surface area contributed by atoms with Crippen LogP contribution in [-0.2, 0) is 6.54 Å². The van der Waals surface area contributed by atoms with Crippen molar-refractivity contribution in [3.8, 4) is 0 Å². The molecule has 3 aromatic rings. The lowest BCUT2D eigenvalue weighted by molar-refractivity contribution is 0.148. The maximum atomic E-state index is 6.05. The zero-order chi connectivity index (χ0) is 19.5. The van der Waals surface area contributed by atoms with Crippen LogP contribution < -0.4 is 11.1 Å². The van der Waals surface area contributed by atoms with Crippen LogP contribution in [0.4, 0.5) is 5.82 Å². The Labute approximate surface area is 166 Å². The number of anilines is 1. The van der Waals surface area contributed by atoms with Crippen LogP contribution in [0.5, 0.6) is 0 Å². The van der Waals surface area contributed by atoms with Crippen LogP contribution in [0.1, 0.15) is 22.7 Å². The molecule has 2 aromatic heterocycles. The van der Waals surface area contributed by atoms with Crippen LogP contribution in [0.15, 0.2) is 42.9 Å². The number of hydrogen-bond acceptors (Lipinski definition) is 6. The number of hydrogen-bond donors (Lipinski definition) is 2. The molecule has 1 aliphatic heterocycles. The molecule has 0 amide bonds. The average Bonchev–Trinajstić information content (AvgIpc) is 3.04. The molecule has 0 radical (unpaired) electrons. The summed E-state index contributed by atoms with van der Waals surface area (Å²) in [6, 6.07) is 10.3. The number of aromatic nitrogens is 3. The summed E-state index contributed by atoms with van der Waals surface area (Å²) in [5.41, 5.74) is 10.8. The molecular formula is C21H29N7. The molecule has 3 N–H and O–H groups in total. The van der Waals surface area contributed by atoms with Gasteiger partial charge in [0.15, 0.2) is 5.82 Å². The highest BCUT2D eigenvalue weighted by Gasteiger charge is 2.19. The summed E-state index contributed by atoms with van der Waals surface area (Å²) in [7, 11) is 2.18. The molecule has 28 heavy (non-hydrogen) atoms. The molecule has 1 atom stereocenters. The van der Waals surface area contributed by atoms with Crippen molar-refractivity contribution in [2.45, 2.75) is 19.5 Å². The van der Waals surface area contributed by atoms with Gasteiger partial charge in [0.05, 0.1) is 6.04 Å². The van der Waals surface area contributed by atoms with Gasteiger partial charge in [-0.2, -0.15) is 5.10 Å². The standard InChI is InChI=1S/C21H29N7/c1-16-18(13-27-10-8-26(2)9-11-27)14-28-20(16)21(23-15-24-28)25-19(12-22)17-6-4-3-5-7-17/h3-7,14-15,19H,8-13,22H2,1-2H3,(H,23,24,25). The number of fused-ring (bicyclic) bond motifs is 1. The average molecular weight is 380 g/mol. The van der Waals surface area contributed by atoms with E-state index in [9.17, 15) is 0 Å². The van der Waals surface area contributed by atoms with Crippen LogP contribution >= 0.6 is 0 Å². The van der Waals surface area contributed by atoms with Gasteiger partial charge in [-0.1, -0.05) is 30.3 Å². The van der Waals surface area contributed by atoms with Gasteiger partial charge < -0.3 is 16.0 Å². The van der Waals surface area contributed by atoms with Crippen LogP contribution in [0, 0.1) is 6.92 Å². The summed E-state index contributed by atoms with van der Waals surface area (Å²) in [6.45, 7) is 8.04. The quantitative estimate of drug-likeness (QED) is 0.681. The molecule has 7 heteroatoms. The Balaban J connectivity index is 1.60. The highest BCUT2D eigenvalue weighted by Crippen LogP contribution is 2.26. The summed E-state index contributed by atoms with van der Waals surface area (Å²) in [4.78, 5) is 9.42. The Morgan fingerprint density at radius 1 is 1.14 bits per heavy atom. The molecule has 7 nitrogen and oxygen atoms in total. The lowest BCUT2D eigenvalue weighted by Crippen LogP contribution is -2.43. The maximum absolute atomic E-state index is 6.05. The molecule has 148 valence electrons. The molecule has 1 aliphatic rings. The third-order valence-electron chi connectivity index (χ3n) is 5.67. The van der Waals surface area contributed by atoms with Crippen molar-refractivity contribution in [1.82, 2.24) is 24.4 Å². The first kappa shape index (κ1) is 18.9. The van der Waals surface area contributed by atoms with E-state index in [0.29, 0.717) is 6.54 Å². The molecule has 0 aliphatic carbocycles. The third kappa shape index (κ3) is 3.87. The summed E-state index contributed by atoms with van der Waals surface area (Å²) in [6.07, 6.45) is 3.74. The summed E-state index contributed by atoms with van der Waals surface area (Å²) >= 11 is 0. The predicted molar refractivity (Wildman–Crippen MR) is 112 cm³/mol. The van der Waals surface area contributed by atoms with Gasteiger partial charge >= 0.3 is 0 Å². The van der Waals surface area contributed by atoms with E-state index in [1.807, 2.05) is 22.7 Å². The zero-order valence-electron chi connectivity index (χ0n) is 16.7. The second-order valence-electron chi connectivity index (χ2n) is 7.60. The lowest BCUT2D eigenvalue weighted by atomic mass is 10.1. The van der Waals surface area contributed by atoms with Gasteiger partial charge in [0.1, 0.15) is 11.8 Å². The first-order chi connectivity index (χ1) is 13.7. The number of rotatable bonds is 6. The molecule has 3 heterocycles. The summed E-state index contributed by atoms with van der Waals surface area (Å²) in [5.74, 6) is 0.830. The van der Waals surface area contributed by atoms with E-state index in [0.717, 1.165) is 49.6 Å². The van der Waals surface area contributed by atoms with E-state index in [4.69, 9.17) is 5.73 Å². The predicted octanol–water partition coefficient (Wildman–Crippen LogP) is 1.90. The Morgan fingerprint density at radius 3 is 2.61 bits per heavy atom. The SMILES string of the molecule is Cc1c(CN2CCN(C)CC2)cn2ncnc(NC(CN)c3ccccc3)c12. The number of aryl methyl sites for hydroxylation is 1. The largest absolute Gasteiger partial charge is 0.360 e. The van der Waals surface area contributed by atoms with E-state index in [1.54, 1.807) is 6.33 Å². The Morgan fingerprint density at radius 2 is 1.89 bits per heavy atom. The van der Waals surface area contributed by atoms with Gasteiger partial charge in [-0.05, 0) is 30.7 Å². The number of likely N-dealkylation sites (N-methyl/N-ethyl adjacent to an activating group) is 1. The van der Waals surface area contributed by atoms with Gasteiger partial charge in [0.25, 0.3) is 0 Å². The maximum Gasteiger partial charge on any atom is 0.154 e. The fourth-order valence-electron chi connectivity index (χ4n) is 3.85. The monoisotopic (exact) mass is 379 g/mol. The van der Waals surface area contributed by atoms with E-state index in [1.165, 1.54) is 11.1 Å². The van der Waals surface area contributed by atoms with Crippen molar-refractivity contribution in [2.24, 2.45) is 5.73 Å². The second-order valence-corrected chi connectivity index (χ2v) is 7.60. The fourth-order valence-corrected chi connectivity index (χ4v) is 3.85. The van der Waals surface area contributed by atoms with Gasteiger partial charge in [0.2, 0.25) is 0 Å². The van der Waals surface area contributed by atoms with Gasteiger partial charge in [-0.15, -0.1) is 0 Å². The first-order valence-electron chi connectivity index (χ1n) is 9.90. The molecule has 1 aromatic carbocycles. The third-order valence-corrected chi connectivity index (χ3v) is 5.67. The van der Waals surface area contributed by atoms with Gasteiger partial charge in [-0.25, -0.2) is 9.50 Å². The van der Waals surface area contributed by atoms with Crippen molar-refractivity contribution >= 4 is 11.3 Å². The molecular weight excluding hydrogens is 350 g/mol. The molecule has 1 unspecified atom stereocenters. The molecule has 1 fully saturated rings. The topological polar surface area (TPSA) is 74.7 Å². The molecule has 1 saturated heterocycles. The van der Waals surface area contributed by atoms with E-state index in [-0.39, 0.29) is 6.04 Å². The zero-order valence-corrected chi connectivity index (χ0v) is 16.7. The number of piperazine rings is 1. The molecule has 0 bridgehead atoms. The van der Waals surface area contributed by atoms with Crippen molar-refractivity contribution in [2.75, 3.05) is 45.1 Å². The first-order valence-corrected chi connectivity index (χ1v) is 9.90. The fraction of sp³-hybridized carbons (Fsp3) is 0.429. The molecule has 4 rings (SSSR count). The molecule has 0 saturated carbocycles. The second kappa shape index (κ2) is 8.26. The van der Waals surface area contributed by atoms with Gasteiger partial charge in [-0.3, -0.25) is 4.90 Å². The smallest absolute Gasteiger partial charge is 0.154 e. The number of nitrogens with two attached hydrogens (primary N) is 1. The Bertz CT molecular complexity index is 913. The minimum atomic E-state index is 0.00952. The van der Waals surface area contributed by atoms with Crippen molar-refractivity contribution in [3.05, 3.63) is 59.5 Å². The normalized spacial score (nSPS) is 17.1. The Kier molecular flexibility index (Phi) is 5.57. The number of benzene rings is 1. The van der Waals surface area contributed by atoms with Gasteiger partial charge in [0, 0.05) is 45.5 Å². The van der Waals surface area contributed by atoms with E-state index in [2.05, 4.69) is 57.5 Å². The minimum Gasteiger partial charge on any atom is -0.360 e. The van der Waals surface area contributed by atoms with E-state index >= 15 is 0 Å². The van der Waals surface area contributed by atoms with Crippen molar-refractivity contribution in [3.63, 3.8) is 0 Å². The van der Waals surface area contributed by atoms with E-state index < -0.39 is 0 Å². The summed E-state index contributed by atoms with van der Waals surface area (Å²) < 4.78 is 1.94. The number of nitrogens with zero attached hydrogens (tertiary/aromatic N) is 5. The van der Waals surface area contributed by atoms with Crippen LogP contribution in [0.2, 0.25) is 0 Å². The highest BCUT2D eigenvalue weighted by molar-refractivity contribution is 5.73. The van der Waals surface area contributed by atoms with Crippen molar-refractivity contribution < 1.29 is 0 Å². The lowest BCUT2D eigenvalue weighted by Gasteiger charge is -2.32. The minimum absolute atomic E-state index is 0.00952. The van der Waals surface area contributed by atoms with Crippen molar-refractivity contribution in [1.29, 1.82) is 0 Å². The number of nitrogens with one attached hydrogen (secondary N) is 1. The Hall–Kier alpha value is -2.48. The molecule has 0 spiro atoms. The van der Waals surface area contributed by atoms with Crippen LogP contribution in [-0.4, -0.2) is 64.2 Å². The highest BCUT2D eigenvalue weighted by atomic mass is 15.3. The van der Waals surface area contributed by atoms with Crippen LogP contribution in [0.25, 0.3) is 5.52 Å².